The molecule has 3 heteroatoms. The molecule has 0 spiro atoms. The minimum absolute atomic E-state index is 0.179. The summed E-state index contributed by atoms with van der Waals surface area (Å²) >= 11 is 0. The van der Waals surface area contributed by atoms with E-state index in [1.54, 1.807) is 17.1 Å². The van der Waals surface area contributed by atoms with Gasteiger partial charge in [-0.2, -0.15) is 0 Å². The van der Waals surface area contributed by atoms with E-state index in [0.29, 0.717) is 6.54 Å². The van der Waals surface area contributed by atoms with Gasteiger partial charge in [0.25, 0.3) is 0 Å². The highest BCUT2D eigenvalue weighted by atomic mass is 16.2. The van der Waals surface area contributed by atoms with Crippen LogP contribution in [0.3, 0.4) is 0 Å². The third-order valence-electron chi connectivity index (χ3n) is 2.31. The number of hydrogen-bond acceptors (Lipinski definition) is 1. The van der Waals surface area contributed by atoms with Crippen LogP contribution >= 0.6 is 0 Å². The van der Waals surface area contributed by atoms with E-state index in [1.165, 1.54) is 0 Å². The van der Waals surface area contributed by atoms with Gasteiger partial charge in [0.15, 0.2) is 0 Å². The molecule has 0 aliphatic carbocycles. The predicted molar refractivity (Wildman–Crippen MR) is 63.1 cm³/mol. The summed E-state index contributed by atoms with van der Waals surface area (Å²) in [6, 6.07) is 9.56. The van der Waals surface area contributed by atoms with Crippen molar-refractivity contribution in [2.75, 3.05) is 6.54 Å². The van der Waals surface area contributed by atoms with E-state index in [9.17, 15) is 4.79 Å². The molecule has 0 unspecified atom stereocenters. The second-order valence-electron chi connectivity index (χ2n) is 3.37. The third kappa shape index (κ3) is 1.98. The molecule has 0 aromatic heterocycles. The fourth-order valence-electron chi connectivity index (χ4n) is 1.58. The van der Waals surface area contributed by atoms with Crippen molar-refractivity contribution in [1.82, 2.24) is 10.2 Å². The fourth-order valence-corrected chi connectivity index (χ4v) is 1.58. The third-order valence-corrected chi connectivity index (χ3v) is 2.31. The molecule has 2 radical (unpaired) electrons. The lowest BCUT2D eigenvalue weighted by Crippen LogP contribution is -2.40. The zero-order valence-corrected chi connectivity index (χ0v) is 8.81. The molecular formula is C13H12N2O. The first-order chi connectivity index (χ1) is 7.83. The lowest BCUT2D eigenvalue weighted by Gasteiger charge is -2.27. The molecule has 0 saturated carbocycles. The van der Waals surface area contributed by atoms with Crippen LogP contribution in [-0.2, 0) is 0 Å². The molecule has 0 saturated heterocycles. The van der Waals surface area contributed by atoms with Gasteiger partial charge in [-0.25, -0.2) is 4.79 Å². The highest BCUT2D eigenvalue weighted by Gasteiger charge is 2.21. The van der Waals surface area contributed by atoms with Gasteiger partial charge in [0.2, 0.25) is 0 Å². The Balaban J connectivity index is 2.34. The van der Waals surface area contributed by atoms with Gasteiger partial charge in [0.05, 0.1) is 5.70 Å². The molecule has 2 rings (SSSR count). The summed E-state index contributed by atoms with van der Waals surface area (Å²) in [5.74, 6) is 0. The smallest absolute Gasteiger partial charge is 0.323 e. The second-order valence-corrected chi connectivity index (χ2v) is 3.37. The highest BCUT2D eigenvalue weighted by molar-refractivity contribution is 5.89. The number of carbonyl (C=O) groups is 1. The van der Waals surface area contributed by atoms with E-state index in [-0.39, 0.29) is 6.03 Å². The number of nitrogens with one attached hydrogen (secondary N) is 1. The summed E-state index contributed by atoms with van der Waals surface area (Å²) in [5.41, 5.74) is 1.83. The lowest BCUT2D eigenvalue weighted by molar-refractivity contribution is 0.222. The number of rotatable bonds is 3. The first-order valence-electron chi connectivity index (χ1n) is 5.02. The number of nitrogens with zero attached hydrogens (tertiary/aromatic N) is 1. The summed E-state index contributed by atoms with van der Waals surface area (Å²) in [4.78, 5) is 13.3. The number of carbonyl (C=O) groups excluding carboxylic acids is 1. The van der Waals surface area contributed by atoms with E-state index >= 15 is 0 Å². The highest BCUT2D eigenvalue weighted by Crippen LogP contribution is 2.21. The zero-order chi connectivity index (χ0) is 11.4. The van der Waals surface area contributed by atoms with Gasteiger partial charge in [-0.3, -0.25) is 4.90 Å². The molecule has 1 aliphatic heterocycles. The zero-order valence-electron chi connectivity index (χ0n) is 8.81. The number of benzene rings is 1. The van der Waals surface area contributed by atoms with E-state index < -0.39 is 0 Å². The minimum atomic E-state index is -0.179. The van der Waals surface area contributed by atoms with E-state index in [0.717, 1.165) is 11.3 Å². The summed E-state index contributed by atoms with van der Waals surface area (Å²) in [5, 5.41) is 2.53. The maximum atomic E-state index is 11.6. The van der Waals surface area contributed by atoms with Crippen LogP contribution in [0.2, 0.25) is 0 Å². The average molecular weight is 212 g/mol. The molecule has 16 heavy (non-hydrogen) atoms. The lowest BCUT2D eigenvalue weighted by atomic mass is 10.1. The Bertz CT molecular complexity index is 423. The van der Waals surface area contributed by atoms with Gasteiger partial charge in [-0.05, 0) is 11.6 Å². The Kier molecular flexibility index (Phi) is 3.05. The Hall–Kier alpha value is -2.03. The Labute approximate surface area is 95.1 Å². The van der Waals surface area contributed by atoms with Crippen LogP contribution in [0, 0.1) is 6.54 Å². The fraction of sp³-hybridized carbons (Fsp3) is 0.0769. The molecule has 1 aromatic carbocycles. The molecule has 2 amide bonds. The van der Waals surface area contributed by atoms with Crippen molar-refractivity contribution in [3.63, 3.8) is 0 Å². The normalized spacial score (nSPS) is 15.4. The van der Waals surface area contributed by atoms with Crippen LogP contribution in [0.15, 0.2) is 49.1 Å². The number of hydrogen-bond donors (Lipinski definition) is 1. The topological polar surface area (TPSA) is 32.3 Å². The maximum absolute atomic E-state index is 11.6. The van der Waals surface area contributed by atoms with Crippen molar-refractivity contribution in [3.05, 3.63) is 61.2 Å². The van der Waals surface area contributed by atoms with Gasteiger partial charge >= 0.3 is 6.03 Å². The van der Waals surface area contributed by atoms with Crippen molar-refractivity contribution in [1.29, 1.82) is 0 Å². The maximum Gasteiger partial charge on any atom is 0.323 e. The molecule has 1 heterocycles. The van der Waals surface area contributed by atoms with E-state index in [4.69, 9.17) is 0 Å². The molecule has 1 aromatic rings. The number of amides is 2. The molecule has 0 bridgehead atoms. The van der Waals surface area contributed by atoms with Gasteiger partial charge in [-0.1, -0.05) is 36.4 Å². The van der Waals surface area contributed by atoms with Crippen LogP contribution < -0.4 is 5.32 Å². The minimum Gasteiger partial charge on any atom is -0.323 e. The second kappa shape index (κ2) is 4.66. The predicted octanol–water partition coefficient (Wildman–Crippen LogP) is 2.28. The molecular weight excluding hydrogens is 200 g/mol. The summed E-state index contributed by atoms with van der Waals surface area (Å²) in [7, 11) is 0. The van der Waals surface area contributed by atoms with Crippen molar-refractivity contribution in [2.45, 2.75) is 0 Å². The van der Waals surface area contributed by atoms with Crippen LogP contribution in [-0.4, -0.2) is 17.5 Å². The van der Waals surface area contributed by atoms with E-state index in [1.807, 2.05) is 30.3 Å². The molecule has 1 N–H and O–H groups in total. The monoisotopic (exact) mass is 212 g/mol. The van der Waals surface area contributed by atoms with Crippen LogP contribution in [0.25, 0.3) is 5.70 Å². The first-order valence-corrected chi connectivity index (χ1v) is 5.02. The van der Waals surface area contributed by atoms with E-state index in [2.05, 4.69) is 18.4 Å². The van der Waals surface area contributed by atoms with Crippen molar-refractivity contribution in [2.24, 2.45) is 0 Å². The standard InChI is InChI=1S/C13H12N2O/c1-2-10-15-12(8-9-14-13(15)16)11-6-4-3-5-7-11/h2-8H,1,10H2,(H,14,16). The van der Waals surface area contributed by atoms with Crippen molar-refractivity contribution < 1.29 is 4.79 Å². The first kappa shape index (κ1) is 10.5. The molecule has 80 valence electrons. The average Bonchev–Trinajstić information content (AvgIpc) is 2.33. The molecule has 1 aliphatic rings. The number of urea groups is 1. The summed E-state index contributed by atoms with van der Waals surface area (Å²) in [6.07, 6.45) is 3.46. The van der Waals surface area contributed by atoms with Gasteiger partial charge in [0.1, 0.15) is 6.54 Å². The van der Waals surface area contributed by atoms with Gasteiger partial charge in [-0.15, -0.1) is 6.58 Å². The van der Waals surface area contributed by atoms with Gasteiger partial charge < -0.3 is 5.32 Å². The van der Waals surface area contributed by atoms with Crippen LogP contribution in [0.4, 0.5) is 4.79 Å². The Morgan fingerprint density at radius 2 is 2.12 bits per heavy atom. The van der Waals surface area contributed by atoms with Crippen LogP contribution in [0.5, 0.6) is 0 Å². The SMILES string of the molecule is C=CCN1C(=O)N[C]C=C1c1ccccc1. The molecule has 0 fully saturated rings. The van der Waals surface area contributed by atoms with Gasteiger partial charge in [0, 0.05) is 6.54 Å². The van der Waals surface area contributed by atoms with Crippen molar-refractivity contribution in [3.8, 4) is 0 Å². The summed E-state index contributed by atoms with van der Waals surface area (Å²) in [6.45, 7) is 6.86. The Morgan fingerprint density at radius 3 is 2.81 bits per heavy atom. The largest absolute Gasteiger partial charge is 0.323 e. The molecule has 0 atom stereocenters. The van der Waals surface area contributed by atoms with Crippen molar-refractivity contribution >= 4 is 11.7 Å². The quantitative estimate of drug-likeness (QED) is 0.766. The molecule has 3 nitrogen and oxygen atoms in total. The Morgan fingerprint density at radius 1 is 1.38 bits per heavy atom. The summed E-state index contributed by atoms with van der Waals surface area (Å²) < 4.78 is 0. The van der Waals surface area contributed by atoms with Crippen LogP contribution in [0.1, 0.15) is 5.56 Å².